The van der Waals surface area contributed by atoms with Gasteiger partial charge in [0.15, 0.2) is 5.17 Å². The van der Waals surface area contributed by atoms with E-state index in [-0.39, 0.29) is 18.2 Å². The fraction of sp³-hybridized carbons (Fsp3) is 0.211. The maximum Gasteiger partial charge on any atom is 0.247 e. The molecule has 1 aliphatic rings. The van der Waals surface area contributed by atoms with E-state index in [9.17, 15) is 9.59 Å². The number of carbonyl (C=O) groups excluding carboxylic acids is 2. The van der Waals surface area contributed by atoms with Crippen molar-refractivity contribution in [3.05, 3.63) is 57.5 Å². The maximum absolute atomic E-state index is 12.8. The van der Waals surface area contributed by atoms with Crippen molar-refractivity contribution in [2.75, 3.05) is 16.8 Å². The van der Waals surface area contributed by atoms with Gasteiger partial charge in [-0.15, -0.1) is 0 Å². The lowest BCUT2D eigenvalue weighted by Gasteiger charge is -2.16. The molecule has 0 spiro atoms. The highest BCUT2D eigenvalue weighted by atomic mass is 79.9. The first-order valence-electron chi connectivity index (χ1n) is 8.34. The number of anilines is 2. The van der Waals surface area contributed by atoms with Crippen LogP contribution in [0.4, 0.5) is 11.4 Å². The van der Waals surface area contributed by atoms with Crippen LogP contribution in [0.2, 0.25) is 0 Å². The summed E-state index contributed by atoms with van der Waals surface area (Å²) in [4.78, 5) is 31.0. The standard InChI is InChI=1S/C19H17Br2N3O2S/c1-2-22-19(23-14-7-3-12(20)4-8-14)27-16-11-17(25)24(18(16)26)15-9-5-13(21)6-10-15/h3-10,16H,2,11H2,1H3,(H,22,23)/t16-/m0/s1. The summed E-state index contributed by atoms with van der Waals surface area (Å²) >= 11 is 8.07. The van der Waals surface area contributed by atoms with Gasteiger partial charge in [-0.25, -0.2) is 4.90 Å². The molecule has 2 aromatic carbocycles. The van der Waals surface area contributed by atoms with Gasteiger partial charge in [-0.3, -0.25) is 14.6 Å². The number of imide groups is 1. The molecule has 1 atom stereocenters. The van der Waals surface area contributed by atoms with E-state index in [0.717, 1.165) is 14.6 Å². The van der Waals surface area contributed by atoms with Crippen LogP contribution in [-0.4, -0.2) is 28.8 Å². The molecule has 1 saturated heterocycles. The highest BCUT2D eigenvalue weighted by Crippen LogP contribution is 2.31. The van der Waals surface area contributed by atoms with E-state index in [2.05, 4.69) is 42.2 Å². The maximum atomic E-state index is 12.8. The Morgan fingerprint density at radius 3 is 2.30 bits per heavy atom. The van der Waals surface area contributed by atoms with E-state index in [0.29, 0.717) is 17.4 Å². The summed E-state index contributed by atoms with van der Waals surface area (Å²) < 4.78 is 1.88. The predicted octanol–water partition coefficient (Wildman–Crippen LogP) is 5.06. The van der Waals surface area contributed by atoms with Gasteiger partial charge in [0, 0.05) is 27.6 Å². The number of carbonyl (C=O) groups is 2. The molecule has 0 aromatic heterocycles. The minimum Gasteiger partial charge on any atom is -0.335 e. The van der Waals surface area contributed by atoms with Crippen LogP contribution in [0, 0.1) is 0 Å². The van der Waals surface area contributed by atoms with Gasteiger partial charge in [0.1, 0.15) is 5.25 Å². The van der Waals surface area contributed by atoms with Crippen LogP contribution >= 0.6 is 43.6 Å². The Balaban J connectivity index is 1.74. The predicted molar refractivity (Wildman–Crippen MR) is 118 cm³/mol. The van der Waals surface area contributed by atoms with Crippen LogP contribution in [0.3, 0.4) is 0 Å². The molecule has 0 saturated carbocycles. The Bertz CT molecular complexity index is 870. The largest absolute Gasteiger partial charge is 0.335 e. The van der Waals surface area contributed by atoms with Gasteiger partial charge < -0.3 is 5.32 Å². The molecule has 1 aliphatic heterocycles. The molecule has 0 aliphatic carbocycles. The zero-order chi connectivity index (χ0) is 19.4. The number of nitrogens with one attached hydrogen (secondary N) is 1. The van der Waals surface area contributed by atoms with E-state index >= 15 is 0 Å². The Morgan fingerprint density at radius 2 is 1.70 bits per heavy atom. The minimum absolute atomic E-state index is 0.157. The molecular weight excluding hydrogens is 494 g/mol. The van der Waals surface area contributed by atoms with E-state index in [1.165, 1.54) is 16.7 Å². The normalized spacial score (nSPS) is 17.5. The van der Waals surface area contributed by atoms with E-state index in [1.807, 2.05) is 43.3 Å². The molecule has 0 unspecified atom stereocenters. The zero-order valence-corrected chi connectivity index (χ0v) is 18.5. The third-order valence-electron chi connectivity index (χ3n) is 3.84. The molecule has 2 aromatic rings. The third-order valence-corrected chi connectivity index (χ3v) is 6.01. The minimum atomic E-state index is -0.491. The van der Waals surface area contributed by atoms with Crippen LogP contribution in [0.1, 0.15) is 13.3 Å². The monoisotopic (exact) mass is 509 g/mol. The summed E-state index contributed by atoms with van der Waals surface area (Å²) in [5.74, 6) is -0.409. The zero-order valence-electron chi connectivity index (χ0n) is 14.5. The molecule has 3 rings (SSSR count). The van der Waals surface area contributed by atoms with Gasteiger partial charge in [0.25, 0.3) is 0 Å². The van der Waals surface area contributed by atoms with Gasteiger partial charge in [-0.2, -0.15) is 0 Å². The number of rotatable bonds is 4. The van der Waals surface area contributed by atoms with Crippen LogP contribution in [-0.2, 0) is 9.59 Å². The summed E-state index contributed by atoms with van der Waals surface area (Å²) in [6, 6.07) is 14.8. The highest BCUT2D eigenvalue weighted by Gasteiger charge is 2.40. The number of hydrogen-bond donors (Lipinski definition) is 1. The van der Waals surface area contributed by atoms with Crippen LogP contribution < -0.4 is 10.2 Å². The molecule has 140 valence electrons. The Labute approximate surface area is 178 Å². The van der Waals surface area contributed by atoms with E-state index in [1.54, 1.807) is 12.1 Å². The number of aliphatic imine (C=N–C) groups is 1. The summed E-state index contributed by atoms with van der Waals surface area (Å²) in [6.07, 6.45) is 0.157. The molecule has 1 fully saturated rings. The summed E-state index contributed by atoms with van der Waals surface area (Å²) in [6.45, 7) is 2.51. The number of hydrogen-bond acceptors (Lipinski definition) is 4. The van der Waals surface area contributed by atoms with Crippen molar-refractivity contribution in [1.29, 1.82) is 0 Å². The second-order valence-corrected chi connectivity index (χ2v) is 8.79. The van der Waals surface area contributed by atoms with Gasteiger partial charge in [0.05, 0.1) is 5.69 Å². The van der Waals surface area contributed by atoms with Gasteiger partial charge in [0.2, 0.25) is 11.8 Å². The number of halogens is 2. The molecule has 1 N–H and O–H groups in total. The molecule has 1 heterocycles. The number of amides is 2. The first kappa shape index (κ1) is 20.1. The average Bonchev–Trinajstić information content (AvgIpc) is 2.92. The Kier molecular flexibility index (Phi) is 6.73. The molecule has 8 heteroatoms. The molecular formula is C19H17Br2N3O2S. The highest BCUT2D eigenvalue weighted by molar-refractivity contribution is 9.10. The summed E-state index contributed by atoms with van der Waals surface area (Å²) in [7, 11) is 0. The first-order chi connectivity index (χ1) is 13.0. The van der Waals surface area contributed by atoms with Crippen LogP contribution in [0.15, 0.2) is 62.5 Å². The summed E-state index contributed by atoms with van der Waals surface area (Å²) in [5.41, 5.74) is 1.46. The first-order valence-corrected chi connectivity index (χ1v) is 10.8. The van der Waals surface area contributed by atoms with Crippen molar-refractivity contribution in [2.45, 2.75) is 18.6 Å². The fourth-order valence-corrected chi connectivity index (χ4v) is 4.21. The van der Waals surface area contributed by atoms with Crippen LogP contribution in [0.5, 0.6) is 0 Å². The lowest BCUT2D eigenvalue weighted by molar-refractivity contribution is -0.121. The number of thioether (sulfide) groups is 1. The van der Waals surface area contributed by atoms with Crippen molar-refractivity contribution in [3.63, 3.8) is 0 Å². The van der Waals surface area contributed by atoms with E-state index < -0.39 is 5.25 Å². The average molecular weight is 511 g/mol. The lowest BCUT2D eigenvalue weighted by atomic mass is 10.3. The fourth-order valence-electron chi connectivity index (χ4n) is 2.60. The SMILES string of the molecule is CCN=C(Nc1ccc(Br)cc1)S[C@H]1CC(=O)N(c2ccc(Br)cc2)C1=O. The van der Waals surface area contributed by atoms with Crippen molar-refractivity contribution >= 4 is 72.0 Å². The molecule has 0 radical (unpaired) electrons. The van der Waals surface area contributed by atoms with Gasteiger partial charge >= 0.3 is 0 Å². The lowest BCUT2D eigenvalue weighted by Crippen LogP contribution is -2.31. The molecule has 5 nitrogen and oxygen atoms in total. The second-order valence-electron chi connectivity index (χ2n) is 5.77. The van der Waals surface area contributed by atoms with E-state index in [4.69, 9.17) is 0 Å². The molecule has 2 amide bonds. The van der Waals surface area contributed by atoms with Crippen LogP contribution in [0.25, 0.3) is 0 Å². The van der Waals surface area contributed by atoms with Crippen molar-refractivity contribution in [1.82, 2.24) is 0 Å². The third kappa shape index (κ3) is 5.00. The van der Waals surface area contributed by atoms with Crippen molar-refractivity contribution in [2.24, 2.45) is 4.99 Å². The number of amidine groups is 1. The van der Waals surface area contributed by atoms with Gasteiger partial charge in [-0.05, 0) is 55.5 Å². The number of benzene rings is 2. The number of nitrogens with zero attached hydrogens (tertiary/aromatic N) is 2. The summed E-state index contributed by atoms with van der Waals surface area (Å²) in [5, 5.41) is 3.37. The van der Waals surface area contributed by atoms with Crippen molar-refractivity contribution in [3.8, 4) is 0 Å². The quantitative estimate of drug-likeness (QED) is 0.354. The second kappa shape index (κ2) is 9.03. The van der Waals surface area contributed by atoms with Gasteiger partial charge in [-0.1, -0.05) is 43.6 Å². The molecule has 0 bridgehead atoms. The molecule has 27 heavy (non-hydrogen) atoms. The topological polar surface area (TPSA) is 61.8 Å². The van der Waals surface area contributed by atoms with Crippen molar-refractivity contribution < 1.29 is 9.59 Å². The Morgan fingerprint density at radius 1 is 1.11 bits per heavy atom. The Hall–Kier alpha value is -1.64. The smallest absolute Gasteiger partial charge is 0.247 e.